The Morgan fingerprint density at radius 2 is 2.12 bits per heavy atom. The summed E-state index contributed by atoms with van der Waals surface area (Å²) in [5.41, 5.74) is 2.20. The molecule has 1 N–H and O–H groups in total. The van der Waals surface area contributed by atoms with Crippen molar-refractivity contribution in [3.8, 4) is 0 Å². The summed E-state index contributed by atoms with van der Waals surface area (Å²) in [7, 11) is 0. The van der Waals surface area contributed by atoms with Gasteiger partial charge in [-0.15, -0.1) is 0 Å². The van der Waals surface area contributed by atoms with E-state index in [2.05, 4.69) is 22.9 Å². The molecule has 0 aliphatic carbocycles. The molecule has 2 aromatic rings. The maximum atomic E-state index is 13.1. The van der Waals surface area contributed by atoms with Gasteiger partial charge in [-0.25, -0.2) is 4.39 Å². The van der Waals surface area contributed by atoms with Crippen LogP contribution in [-0.4, -0.2) is 11.1 Å². The van der Waals surface area contributed by atoms with Crippen molar-refractivity contribution < 1.29 is 4.39 Å². The predicted octanol–water partition coefficient (Wildman–Crippen LogP) is 2.79. The van der Waals surface area contributed by atoms with Crippen LogP contribution in [0, 0.1) is 5.82 Å². The topological polar surface area (TPSA) is 17.0 Å². The number of hydrogen-bond acceptors (Lipinski definition) is 1. The first-order valence-electron chi connectivity index (χ1n) is 5.89. The van der Waals surface area contributed by atoms with E-state index in [1.807, 2.05) is 18.3 Å². The minimum atomic E-state index is -0.178. The lowest BCUT2D eigenvalue weighted by atomic mass is 10.2. The predicted molar refractivity (Wildman–Crippen MR) is 67.3 cm³/mol. The van der Waals surface area contributed by atoms with Gasteiger partial charge < -0.3 is 9.88 Å². The van der Waals surface area contributed by atoms with Gasteiger partial charge in [0.25, 0.3) is 0 Å². The summed E-state index contributed by atoms with van der Waals surface area (Å²) in [6.07, 6.45) is 2.03. The van der Waals surface area contributed by atoms with Gasteiger partial charge in [0, 0.05) is 25.0 Å². The van der Waals surface area contributed by atoms with Gasteiger partial charge in [0.1, 0.15) is 5.82 Å². The molecule has 1 aromatic heterocycles. The zero-order chi connectivity index (χ0) is 12.1. The first kappa shape index (κ1) is 11.9. The van der Waals surface area contributed by atoms with Crippen LogP contribution in [-0.2, 0) is 13.1 Å². The lowest BCUT2D eigenvalue weighted by Gasteiger charge is -2.09. The first-order valence-corrected chi connectivity index (χ1v) is 5.89. The lowest BCUT2D eigenvalue weighted by molar-refractivity contribution is 0.620. The quantitative estimate of drug-likeness (QED) is 0.838. The standard InChI is InChI=1S/C14H17FN2/c1-2-16-10-14-7-4-8-17(14)11-12-5-3-6-13(15)9-12/h3-9,16H,2,10-11H2,1H3. The van der Waals surface area contributed by atoms with Crippen molar-refractivity contribution in [1.29, 1.82) is 0 Å². The van der Waals surface area contributed by atoms with Crippen molar-refractivity contribution in [2.24, 2.45) is 0 Å². The highest BCUT2D eigenvalue weighted by atomic mass is 19.1. The number of nitrogens with one attached hydrogen (secondary N) is 1. The van der Waals surface area contributed by atoms with E-state index in [4.69, 9.17) is 0 Å². The minimum absolute atomic E-state index is 0.178. The van der Waals surface area contributed by atoms with Crippen molar-refractivity contribution in [3.63, 3.8) is 0 Å². The molecule has 0 atom stereocenters. The number of benzene rings is 1. The smallest absolute Gasteiger partial charge is 0.123 e. The maximum absolute atomic E-state index is 13.1. The molecule has 0 bridgehead atoms. The van der Waals surface area contributed by atoms with E-state index in [9.17, 15) is 4.39 Å². The van der Waals surface area contributed by atoms with Crippen molar-refractivity contribution in [2.75, 3.05) is 6.54 Å². The minimum Gasteiger partial charge on any atom is -0.346 e. The summed E-state index contributed by atoms with van der Waals surface area (Å²) in [6.45, 7) is 4.59. The summed E-state index contributed by atoms with van der Waals surface area (Å²) in [5, 5.41) is 3.29. The van der Waals surface area contributed by atoms with Crippen LogP contribution in [0.15, 0.2) is 42.6 Å². The average Bonchev–Trinajstić information content (AvgIpc) is 2.74. The fourth-order valence-electron chi connectivity index (χ4n) is 1.85. The molecule has 0 unspecified atom stereocenters. The molecule has 0 spiro atoms. The molecule has 0 amide bonds. The number of rotatable bonds is 5. The van der Waals surface area contributed by atoms with E-state index in [-0.39, 0.29) is 5.82 Å². The SMILES string of the molecule is CCNCc1cccn1Cc1cccc(F)c1. The van der Waals surface area contributed by atoms with Gasteiger partial charge in [0.2, 0.25) is 0 Å². The summed E-state index contributed by atoms with van der Waals surface area (Å²) in [6, 6.07) is 10.8. The molecule has 1 heterocycles. The molecular weight excluding hydrogens is 215 g/mol. The molecule has 90 valence electrons. The zero-order valence-electron chi connectivity index (χ0n) is 9.99. The molecule has 2 nitrogen and oxygen atoms in total. The van der Waals surface area contributed by atoms with E-state index in [0.29, 0.717) is 6.54 Å². The van der Waals surface area contributed by atoms with Gasteiger partial charge >= 0.3 is 0 Å². The normalized spacial score (nSPS) is 10.7. The molecule has 0 fully saturated rings. The maximum Gasteiger partial charge on any atom is 0.123 e. The van der Waals surface area contributed by atoms with E-state index in [0.717, 1.165) is 18.7 Å². The molecule has 3 heteroatoms. The molecule has 2 rings (SSSR count). The average molecular weight is 232 g/mol. The summed E-state index contributed by atoms with van der Waals surface area (Å²) in [4.78, 5) is 0. The second kappa shape index (κ2) is 5.64. The van der Waals surface area contributed by atoms with Crippen LogP contribution in [0.25, 0.3) is 0 Å². The first-order chi connectivity index (χ1) is 8.29. The molecule has 0 saturated carbocycles. The number of hydrogen-bond donors (Lipinski definition) is 1. The Bertz CT molecular complexity index is 477. The van der Waals surface area contributed by atoms with Crippen LogP contribution in [0.3, 0.4) is 0 Å². The Morgan fingerprint density at radius 3 is 2.88 bits per heavy atom. The lowest BCUT2D eigenvalue weighted by Crippen LogP contribution is -2.15. The Kier molecular flexibility index (Phi) is 3.94. The van der Waals surface area contributed by atoms with E-state index < -0.39 is 0 Å². The summed E-state index contributed by atoms with van der Waals surface area (Å²) in [5.74, 6) is -0.178. The molecule has 17 heavy (non-hydrogen) atoms. The highest BCUT2D eigenvalue weighted by Crippen LogP contribution is 2.09. The van der Waals surface area contributed by atoms with Gasteiger partial charge in [0.05, 0.1) is 0 Å². The monoisotopic (exact) mass is 232 g/mol. The number of halogens is 1. The highest BCUT2D eigenvalue weighted by molar-refractivity contribution is 5.18. The van der Waals surface area contributed by atoms with E-state index in [1.165, 1.54) is 11.8 Å². The third kappa shape index (κ3) is 3.17. The van der Waals surface area contributed by atoms with Crippen LogP contribution >= 0.6 is 0 Å². The largest absolute Gasteiger partial charge is 0.346 e. The van der Waals surface area contributed by atoms with Crippen LogP contribution < -0.4 is 5.32 Å². The van der Waals surface area contributed by atoms with Gasteiger partial charge in [-0.1, -0.05) is 19.1 Å². The number of aromatic nitrogens is 1. The fraction of sp³-hybridized carbons (Fsp3) is 0.286. The highest BCUT2D eigenvalue weighted by Gasteiger charge is 2.01. The van der Waals surface area contributed by atoms with Gasteiger partial charge in [0.15, 0.2) is 0 Å². The Hall–Kier alpha value is -1.61. The van der Waals surface area contributed by atoms with Crippen LogP contribution in [0.5, 0.6) is 0 Å². The molecule has 1 aromatic carbocycles. The molecule has 0 aliphatic heterocycles. The summed E-state index contributed by atoms with van der Waals surface area (Å²) >= 11 is 0. The molecular formula is C14H17FN2. The van der Waals surface area contributed by atoms with Gasteiger partial charge in [-0.2, -0.15) is 0 Å². The van der Waals surface area contributed by atoms with Crippen LogP contribution in [0.2, 0.25) is 0 Å². The number of nitrogens with zero attached hydrogens (tertiary/aromatic N) is 1. The van der Waals surface area contributed by atoms with Crippen molar-refractivity contribution in [3.05, 3.63) is 59.7 Å². The summed E-state index contributed by atoms with van der Waals surface area (Å²) < 4.78 is 15.2. The van der Waals surface area contributed by atoms with E-state index in [1.54, 1.807) is 12.1 Å². The third-order valence-corrected chi connectivity index (χ3v) is 2.72. The van der Waals surface area contributed by atoms with Gasteiger partial charge in [-0.3, -0.25) is 0 Å². The van der Waals surface area contributed by atoms with E-state index >= 15 is 0 Å². The van der Waals surface area contributed by atoms with Crippen LogP contribution in [0.4, 0.5) is 4.39 Å². The Labute approximate surface area is 101 Å². The molecule has 0 saturated heterocycles. The third-order valence-electron chi connectivity index (χ3n) is 2.72. The second-order valence-electron chi connectivity index (χ2n) is 4.04. The second-order valence-corrected chi connectivity index (χ2v) is 4.04. The Balaban J connectivity index is 2.10. The molecule has 0 aliphatic rings. The van der Waals surface area contributed by atoms with Gasteiger partial charge in [-0.05, 0) is 36.4 Å². The Morgan fingerprint density at radius 1 is 1.24 bits per heavy atom. The van der Waals surface area contributed by atoms with Crippen molar-refractivity contribution in [1.82, 2.24) is 9.88 Å². The zero-order valence-corrected chi connectivity index (χ0v) is 9.99. The van der Waals surface area contributed by atoms with Crippen molar-refractivity contribution in [2.45, 2.75) is 20.0 Å². The fourth-order valence-corrected chi connectivity index (χ4v) is 1.85. The molecule has 0 radical (unpaired) electrons. The van der Waals surface area contributed by atoms with Crippen LogP contribution in [0.1, 0.15) is 18.2 Å². The van der Waals surface area contributed by atoms with Crippen molar-refractivity contribution >= 4 is 0 Å².